The summed E-state index contributed by atoms with van der Waals surface area (Å²) in [6.07, 6.45) is 1.43. The molecule has 0 radical (unpaired) electrons. The van der Waals surface area contributed by atoms with Crippen LogP contribution in [0, 0.1) is 0 Å². The first-order chi connectivity index (χ1) is 10.6. The Morgan fingerprint density at radius 1 is 1.17 bits per heavy atom. The van der Waals surface area contributed by atoms with Gasteiger partial charge in [-0.25, -0.2) is 0 Å². The van der Waals surface area contributed by atoms with Crippen LogP contribution in [0.5, 0.6) is 5.75 Å². The number of Topliss-reactive ketones (excluding diaryl/α,β-unsaturated/α-hetero) is 1. The molecule has 0 heterocycles. The average molecular weight is 343 g/mol. The van der Waals surface area contributed by atoms with Crippen LogP contribution in [0.1, 0.15) is 36.5 Å². The molecule has 1 amide bonds. The highest BCUT2D eigenvalue weighted by Crippen LogP contribution is 2.14. The fraction of sp³-hybridized carbons (Fsp3) is 0.529. The minimum atomic E-state index is -0.0163. The molecular weight excluding hydrogens is 316 g/mol. The van der Waals surface area contributed by atoms with Crippen molar-refractivity contribution in [2.45, 2.75) is 26.2 Å². The number of halogens is 1. The fourth-order valence-corrected chi connectivity index (χ4v) is 1.92. The Labute approximate surface area is 144 Å². The van der Waals surface area contributed by atoms with Crippen LogP contribution in [0.2, 0.25) is 0 Å². The molecule has 0 aromatic heterocycles. The van der Waals surface area contributed by atoms with Crippen molar-refractivity contribution < 1.29 is 14.3 Å². The largest absolute Gasteiger partial charge is 0.494 e. The van der Waals surface area contributed by atoms with Crippen LogP contribution in [-0.2, 0) is 4.79 Å². The lowest BCUT2D eigenvalue weighted by atomic mass is 10.1. The Bertz CT molecular complexity index is 477. The van der Waals surface area contributed by atoms with Gasteiger partial charge in [-0.3, -0.25) is 9.59 Å². The van der Waals surface area contributed by atoms with Crippen molar-refractivity contribution in [3.05, 3.63) is 29.8 Å². The summed E-state index contributed by atoms with van der Waals surface area (Å²) in [4.78, 5) is 25.6. The molecule has 0 bridgehead atoms. The number of nitrogens with zero attached hydrogens (tertiary/aromatic N) is 1. The smallest absolute Gasteiger partial charge is 0.222 e. The van der Waals surface area contributed by atoms with Crippen molar-refractivity contribution in [2.75, 3.05) is 33.8 Å². The van der Waals surface area contributed by atoms with E-state index in [1.807, 2.05) is 14.0 Å². The van der Waals surface area contributed by atoms with Gasteiger partial charge in [0.2, 0.25) is 5.91 Å². The van der Waals surface area contributed by atoms with Crippen molar-refractivity contribution in [1.29, 1.82) is 0 Å². The first-order valence-corrected chi connectivity index (χ1v) is 7.73. The van der Waals surface area contributed by atoms with E-state index in [4.69, 9.17) is 4.74 Å². The number of ether oxygens (including phenoxy) is 1. The maximum atomic E-state index is 12.1. The second-order valence-electron chi connectivity index (χ2n) is 5.21. The van der Waals surface area contributed by atoms with Crippen LogP contribution in [0.4, 0.5) is 0 Å². The number of hydrogen-bond donors (Lipinski definition) is 1. The summed E-state index contributed by atoms with van der Waals surface area (Å²) < 4.78 is 5.48. The molecule has 1 N–H and O–H groups in total. The van der Waals surface area contributed by atoms with E-state index in [1.54, 1.807) is 36.2 Å². The second kappa shape index (κ2) is 11.9. The third kappa shape index (κ3) is 8.00. The minimum absolute atomic E-state index is 0. The molecule has 1 rings (SSSR count). The highest BCUT2D eigenvalue weighted by Gasteiger charge is 2.12. The van der Waals surface area contributed by atoms with Crippen molar-refractivity contribution in [3.63, 3.8) is 0 Å². The van der Waals surface area contributed by atoms with Gasteiger partial charge in [0.1, 0.15) is 5.75 Å². The van der Waals surface area contributed by atoms with E-state index in [1.165, 1.54) is 0 Å². The number of carbonyl (C=O) groups excluding carboxylic acids is 2. The standard InChI is InChI=1S/C17H26N2O3.ClH/c1-4-13-22-15-7-5-14(6-8-15)16(20)9-10-17(21)19(3)12-11-18-2;/h5-8,18H,4,9-13H2,1-3H3;1H. The zero-order valence-corrected chi connectivity index (χ0v) is 14.9. The SMILES string of the molecule is CCCOc1ccc(C(=O)CCC(=O)N(C)CCNC)cc1.Cl. The number of nitrogens with one attached hydrogen (secondary N) is 1. The lowest BCUT2D eigenvalue weighted by molar-refractivity contribution is -0.129. The molecule has 0 atom stereocenters. The summed E-state index contributed by atoms with van der Waals surface area (Å²) >= 11 is 0. The number of carbonyl (C=O) groups is 2. The van der Waals surface area contributed by atoms with Gasteiger partial charge in [0.25, 0.3) is 0 Å². The van der Waals surface area contributed by atoms with E-state index in [9.17, 15) is 9.59 Å². The van der Waals surface area contributed by atoms with Crippen LogP contribution in [0.15, 0.2) is 24.3 Å². The molecule has 0 fully saturated rings. The Morgan fingerprint density at radius 2 is 1.83 bits per heavy atom. The number of hydrogen-bond acceptors (Lipinski definition) is 4. The van der Waals surface area contributed by atoms with Crippen molar-refractivity contribution in [1.82, 2.24) is 10.2 Å². The predicted octanol–water partition coefficient (Wildman–Crippen LogP) is 2.54. The third-order valence-electron chi connectivity index (χ3n) is 3.34. The molecule has 0 aliphatic carbocycles. The highest BCUT2D eigenvalue weighted by atomic mass is 35.5. The summed E-state index contributed by atoms with van der Waals surface area (Å²) in [7, 11) is 3.60. The molecule has 130 valence electrons. The molecule has 6 heteroatoms. The van der Waals surface area contributed by atoms with Crippen molar-refractivity contribution in [2.24, 2.45) is 0 Å². The summed E-state index contributed by atoms with van der Waals surface area (Å²) in [5.74, 6) is 0.741. The second-order valence-corrected chi connectivity index (χ2v) is 5.21. The molecule has 23 heavy (non-hydrogen) atoms. The predicted molar refractivity (Wildman–Crippen MR) is 94.6 cm³/mol. The van der Waals surface area contributed by atoms with Gasteiger partial charge in [0.05, 0.1) is 6.61 Å². The summed E-state index contributed by atoms with van der Waals surface area (Å²) in [6.45, 7) is 4.10. The van der Waals surface area contributed by atoms with Gasteiger partial charge < -0.3 is 15.0 Å². The van der Waals surface area contributed by atoms with Gasteiger partial charge in [-0.2, -0.15) is 0 Å². The van der Waals surface area contributed by atoms with E-state index in [2.05, 4.69) is 5.32 Å². The molecule has 1 aromatic rings. The normalized spacial score (nSPS) is 9.87. The quantitative estimate of drug-likeness (QED) is 0.664. The van der Waals surface area contributed by atoms with Gasteiger partial charge in [-0.15, -0.1) is 12.4 Å². The molecule has 0 saturated heterocycles. The van der Waals surface area contributed by atoms with Crippen LogP contribution < -0.4 is 10.1 Å². The van der Waals surface area contributed by atoms with E-state index >= 15 is 0 Å². The lowest BCUT2D eigenvalue weighted by Crippen LogP contribution is -2.32. The van der Waals surface area contributed by atoms with E-state index in [0.29, 0.717) is 18.7 Å². The maximum absolute atomic E-state index is 12.1. The summed E-state index contributed by atoms with van der Waals surface area (Å²) in [5.41, 5.74) is 0.620. The molecule has 5 nitrogen and oxygen atoms in total. The fourth-order valence-electron chi connectivity index (χ4n) is 1.92. The minimum Gasteiger partial charge on any atom is -0.494 e. The van der Waals surface area contributed by atoms with Crippen LogP contribution in [0.25, 0.3) is 0 Å². The van der Waals surface area contributed by atoms with Gasteiger partial charge >= 0.3 is 0 Å². The van der Waals surface area contributed by atoms with E-state index in [0.717, 1.165) is 18.7 Å². The van der Waals surface area contributed by atoms with E-state index < -0.39 is 0 Å². The summed E-state index contributed by atoms with van der Waals surface area (Å²) in [5, 5.41) is 2.99. The van der Waals surface area contributed by atoms with Crippen LogP contribution in [0.3, 0.4) is 0 Å². The van der Waals surface area contributed by atoms with Crippen molar-refractivity contribution >= 4 is 24.1 Å². The van der Waals surface area contributed by atoms with Gasteiger partial charge in [-0.1, -0.05) is 6.92 Å². The van der Waals surface area contributed by atoms with Crippen molar-refractivity contribution in [3.8, 4) is 5.75 Å². The summed E-state index contributed by atoms with van der Waals surface area (Å²) in [6, 6.07) is 7.10. The number of rotatable bonds is 10. The molecule has 0 saturated carbocycles. The molecule has 1 aromatic carbocycles. The van der Waals surface area contributed by atoms with Gasteiger partial charge in [0, 0.05) is 38.5 Å². The maximum Gasteiger partial charge on any atom is 0.222 e. The molecule has 0 aliphatic rings. The zero-order valence-electron chi connectivity index (χ0n) is 14.1. The molecule has 0 spiro atoms. The molecule has 0 unspecified atom stereocenters. The van der Waals surface area contributed by atoms with Gasteiger partial charge in [0.15, 0.2) is 5.78 Å². The highest BCUT2D eigenvalue weighted by molar-refractivity contribution is 5.98. The Balaban J connectivity index is 0.00000484. The zero-order chi connectivity index (χ0) is 16.4. The monoisotopic (exact) mass is 342 g/mol. The first-order valence-electron chi connectivity index (χ1n) is 7.73. The number of benzene rings is 1. The van der Waals surface area contributed by atoms with Crippen LogP contribution in [-0.4, -0.2) is 50.4 Å². The lowest BCUT2D eigenvalue weighted by Gasteiger charge is -2.16. The first kappa shape index (κ1) is 21.4. The average Bonchev–Trinajstić information content (AvgIpc) is 2.55. The van der Waals surface area contributed by atoms with Crippen LogP contribution >= 0.6 is 12.4 Å². The number of likely N-dealkylation sites (N-methyl/N-ethyl adjacent to an activating group) is 2. The Morgan fingerprint density at radius 3 is 2.39 bits per heavy atom. The van der Waals surface area contributed by atoms with E-state index in [-0.39, 0.29) is 36.9 Å². The number of ketones is 1. The van der Waals surface area contributed by atoms with Gasteiger partial charge in [-0.05, 0) is 37.7 Å². The Kier molecular flexibility index (Phi) is 11.1. The number of amides is 1. The topological polar surface area (TPSA) is 58.6 Å². The third-order valence-corrected chi connectivity index (χ3v) is 3.34. The molecular formula is C17H27ClN2O3. The molecule has 0 aliphatic heterocycles. The Hall–Kier alpha value is -1.59.